The van der Waals surface area contributed by atoms with Crippen LogP contribution in [0.25, 0.3) is 4.96 Å². The number of anilines is 1. The molecule has 0 bridgehead atoms. The van der Waals surface area contributed by atoms with Gasteiger partial charge in [0.25, 0.3) is 0 Å². The van der Waals surface area contributed by atoms with Gasteiger partial charge in [-0.1, -0.05) is 62.4 Å². The predicted molar refractivity (Wildman–Crippen MR) is 105 cm³/mol. The molecule has 0 aliphatic carbocycles. The lowest BCUT2D eigenvalue weighted by atomic mass is 9.89. The Labute approximate surface area is 157 Å². The molecule has 3 aromatic rings. The Hall–Kier alpha value is -2.21. The molecule has 5 nitrogen and oxygen atoms in total. The molecule has 0 radical (unpaired) electrons. The van der Waals surface area contributed by atoms with E-state index in [2.05, 4.69) is 25.7 Å². The van der Waals surface area contributed by atoms with E-state index in [1.807, 2.05) is 41.0 Å². The standard InChI is InChI=1S/C20H24N4OS/c1-20(2,3)16-13-24-18(21-16)26-19(22-24)23-11-9-15(10-12-23)17(25)14-7-5-4-6-8-14/h4-8,13,15H,9-12H2,1-3H3. The number of hydrogen-bond acceptors (Lipinski definition) is 5. The fourth-order valence-corrected chi connectivity index (χ4v) is 4.28. The second kappa shape index (κ2) is 6.50. The lowest BCUT2D eigenvalue weighted by Crippen LogP contribution is -2.36. The molecular formula is C20H24N4OS. The monoisotopic (exact) mass is 368 g/mol. The average Bonchev–Trinajstić information content (AvgIpc) is 3.21. The van der Waals surface area contributed by atoms with Crippen LogP contribution in [-0.4, -0.2) is 33.5 Å². The normalized spacial score (nSPS) is 16.3. The van der Waals surface area contributed by atoms with Crippen LogP contribution >= 0.6 is 11.3 Å². The maximum Gasteiger partial charge on any atom is 0.214 e. The van der Waals surface area contributed by atoms with E-state index in [0.717, 1.165) is 47.3 Å². The molecule has 6 heteroatoms. The minimum atomic E-state index is 0.0315. The van der Waals surface area contributed by atoms with Crippen LogP contribution in [0.4, 0.5) is 5.13 Å². The molecule has 1 aromatic carbocycles. The smallest absolute Gasteiger partial charge is 0.214 e. The lowest BCUT2D eigenvalue weighted by molar-refractivity contribution is 0.0900. The summed E-state index contributed by atoms with van der Waals surface area (Å²) in [4.78, 5) is 20.6. The zero-order valence-corrected chi connectivity index (χ0v) is 16.3. The van der Waals surface area contributed by atoms with E-state index in [-0.39, 0.29) is 17.1 Å². The van der Waals surface area contributed by atoms with Crippen molar-refractivity contribution in [3.63, 3.8) is 0 Å². The van der Waals surface area contributed by atoms with Gasteiger partial charge >= 0.3 is 0 Å². The molecule has 1 fully saturated rings. The Kier molecular flexibility index (Phi) is 4.31. The number of hydrogen-bond donors (Lipinski definition) is 0. The lowest BCUT2D eigenvalue weighted by Gasteiger charge is -2.30. The van der Waals surface area contributed by atoms with Gasteiger partial charge in [-0.15, -0.1) is 5.10 Å². The summed E-state index contributed by atoms with van der Waals surface area (Å²) in [7, 11) is 0. The van der Waals surface area contributed by atoms with E-state index < -0.39 is 0 Å². The molecule has 1 saturated heterocycles. The third-order valence-corrected chi connectivity index (χ3v) is 5.98. The van der Waals surface area contributed by atoms with Gasteiger partial charge in [-0.2, -0.15) is 0 Å². The number of Topliss-reactive ketones (excluding diaryl/α,β-unsaturated/α-hetero) is 1. The number of benzene rings is 1. The van der Waals surface area contributed by atoms with E-state index in [4.69, 9.17) is 10.1 Å². The zero-order chi connectivity index (χ0) is 18.3. The first-order valence-electron chi connectivity index (χ1n) is 9.13. The highest BCUT2D eigenvalue weighted by Gasteiger charge is 2.28. The third kappa shape index (κ3) is 3.26. The molecule has 1 aliphatic heterocycles. The highest BCUT2D eigenvalue weighted by molar-refractivity contribution is 7.20. The highest BCUT2D eigenvalue weighted by Crippen LogP contribution is 2.30. The van der Waals surface area contributed by atoms with Crippen molar-refractivity contribution in [2.45, 2.75) is 39.0 Å². The van der Waals surface area contributed by atoms with Crippen molar-refractivity contribution in [2.24, 2.45) is 5.92 Å². The van der Waals surface area contributed by atoms with Gasteiger partial charge < -0.3 is 4.90 Å². The number of imidazole rings is 1. The van der Waals surface area contributed by atoms with Crippen LogP contribution in [0.2, 0.25) is 0 Å². The van der Waals surface area contributed by atoms with E-state index in [1.165, 1.54) is 0 Å². The number of carbonyl (C=O) groups is 1. The van der Waals surface area contributed by atoms with E-state index in [0.29, 0.717) is 0 Å². The Morgan fingerprint density at radius 3 is 2.46 bits per heavy atom. The van der Waals surface area contributed by atoms with Gasteiger partial charge in [0.15, 0.2) is 5.78 Å². The van der Waals surface area contributed by atoms with Gasteiger partial charge in [-0.25, -0.2) is 9.50 Å². The van der Waals surface area contributed by atoms with Crippen molar-refractivity contribution in [1.82, 2.24) is 14.6 Å². The Balaban J connectivity index is 1.44. The molecule has 0 N–H and O–H groups in total. The summed E-state index contributed by atoms with van der Waals surface area (Å²) in [6.45, 7) is 8.22. The molecule has 0 atom stereocenters. The van der Waals surface area contributed by atoms with Crippen LogP contribution in [0.15, 0.2) is 36.5 Å². The van der Waals surface area contributed by atoms with Crippen LogP contribution in [0.3, 0.4) is 0 Å². The van der Waals surface area contributed by atoms with Crippen molar-refractivity contribution >= 4 is 27.2 Å². The molecular weight excluding hydrogens is 344 g/mol. The Bertz CT molecular complexity index is 883. The molecule has 0 unspecified atom stereocenters. The van der Waals surface area contributed by atoms with Crippen molar-refractivity contribution in [3.05, 3.63) is 47.8 Å². The zero-order valence-electron chi connectivity index (χ0n) is 15.5. The number of ketones is 1. The van der Waals surface area contributed by atoms with Crippen molar-refractivity contribution < 1.29 is 4.79 Å². The van der Waals surface area contributed by atoms with Crippen molar-refractivity contribution in [1.29, 1.82) is 0 Å². The molecule has 136 valence electrons. The van der Waals surface area contributed by atoms with Crippen molar-refractivity contribution in [3.8, 4) is 0 Å². The quantitative estimate of drug-likeness (QED) is 0.651. The number of piperidine rings is 1. The number of aromatic nitrogens is 3. The van der Waals surface area contributed by atoms with Crippen LogP contribution in [-0.2, 0) is 5.41 Å². The molecule has 0 spiro atoms. The van der Waals surface area contributed by atoms with Crippen LogP contribution in [0, 0.1) is 5.92 Å². The number of carbonyl (C=O) groups excluding carboxylic acids is 1. The molecule has 4 rings (SSSR count). The Morgan fingerprint density at radius 2 is 1.85 bits per heavy atom. The molecule has 3 heterocycles. The van der Waals surface area contributed by atoms with Gasteiger partial charge in [0.2, 0.25) is 10.1 Å². The summed E-state index contributed by atoms with van der Waals surface area (Å²) in [6.07, 6.45) is 3.78. The van der Waals surface area contributed by atoms with Gasteiger partial charge in [0, 0.05) is 30.0 Å². The molecule has 0 amide bonds. The molecule has 1 aliphatic rings. The fourth-order valence-electron chi connectivity index (χ4n) is 3.35. The minimum absolute atomic E-state index is 0.0315. The van der Waals surface area contributed by atoms with Crippen molar-refractivity contribution in [2.75, 3.05) is 18.0 Å². The topological polar surface area (TPSA) is 50.5 Å². The molecule has 26 heavy (non-hydrogen) atoms. The summed E-state index contributed by atoms with van der Waals surface area (Å²) in [5.41, 5.74) is 1.92. The van der Waals surface area contributed by atoms with E-state index in [1.54, 1.807) is 11.3 Å². The van der Waals surface area contributed by atoms with Crippen LogP contribution in [0.5, 0.6) is 0 Å². The van der Waals surface area contributed by atoms with Crippen LogP contribution in [0.1, 0.15) is 49.7 Å². The highest BCUT2D eigenvalue weighted by atomic mass is 32.1. The Morgan fingerprint density at radius 1 is 1.15 bits per heavy atom. The third-order valence-electron chi connectivity index (χ3n) is 5.00. The largest absolute Gasteiger partial charge is 0.347 e. The number of rotatable bonds is 3. The van der Waals surface area contributed by atoms with Gasteiger partial charge in [0.1, 0.15) is 0 Å². The van der Waals surface area contributed by atoms with E-state index in [9.17, 15) is 4.79 Å². The number of fused-ring (bicyclic) bond motifs is 1. The average molecular weight is 369 g/mol. The molecule has 0 saturated carbocycles. The van der Waals surface area contributed by atoms with E-state index >= 15 is 0 Å². The predicted octanol–water partition coefficient (Wildman–Crippen LogP) is 4.19. The summed E-state index contributed by atoms with van der Waals surface area (Å²) >= 11 is 1.63. The first kappa shape index (κ1) is 17.2. The summed E-state index contributed by atoms with van der Waals surface area (Å²) in [6, 6.07) is 9.64. The first-order chi connectivity index (χ1) is 12.4. The maximum atomic E-state index is 12.6. The number of nitrogens with zero attached hydrogens (tertiary/aromatic N) is 4. The second-order valence-electron chi connectivity index (χ2n) is 7.98. The maximum absolute atomic E-state index is 12.6. The SMILES string of the molecule is CC(C)(C)c1cn2nc(N3CCC(C(=O)c4ccccc4)CC3)sc2n1. The fraction of sp³-hybridized carbons (Fsp3) is 0.450. The molecule has 2 aromatic heterocycles. The minimum Gasteiger partial charge on any atom is -0.347 e. The van der Waals surface area contributed by atoms with Crippen LogP contribution < -0.4 is 4.90 Å². The van der Waals surface area contributed by atoms with Gasteiger partial charge in [-0.05, 0) is 12.8 Å². The first-order valence-corrected chi connectivity index (χ1v) is 9.94. The second-order valence-corrected chi connectivity index (χ2v) is 8.91. The van der Waals surface area contributed by atoms with Gasteiger partial charge in [-0.3, -0.25) is 4.79 Å². The summed E-state index contributed by atoms with van der Waals surface area (Å²) < 4.78 is 1.89. The van der Waals surface area contributed by atoms with Gasteiger partial charge in [0.05, 0.1) is 11.9 Å². The summed E-state index contributed by atoms with van der Waals surface area (Å²) in [5, 5.41) is 5.71. The summed E-state index contributed by atoms with van der Waals surface area (Å²) in [5.74, 6) is 0.388.